The van der Waals surface area contributed by atoms with Gasteiger partial charge in [0.2, 0.25) is 5.91 Å². The van der Waals surface area contributed by atoms with Gasteiger partial charge in [0.05, 0.1) is 0 Å². The molecule has 3 aromatic carbocycles. The van der Waals surface area contributed by atoms with Crippen molar-refractivity contribution in [3.63, 3.8) is 0 Å². The molecule has 6 heteroatoms. The molecular formula is C26H25N3O3. The zero-order chi connectivity index (χ0) is 22.5. The molecule has 5 rings (SSSR count). The van der Waals surface area contributed by atoms with Gasteiger partial charge in [-0.15, -0.1) is 0 Å². The number of benzene rings is 3. The first-order chi connectivity index (χ1) is 15.4. The molecular weight excluding hydrogens is 402 g/mol. The van der Waals surface area contributed by atoms with Gasteiger partial charge >= 0.3 is 6.03 Å². The highest BCUT2D eigenvalue weighted by molar-refractivity contribution is 6.11. The Bertz CT molecular complexity index is 1250. The van der Waals surface area contributed by atoms with Crippen molar-refractivity contribution in [1.82, 2.24) is 10.2 Å². The van der Waals surface area contributed by atoms with Crippen molar-refractivity contribution < 1.29 is 14.4 Å². The summed E-state index contributed by atoms with van der Waals surface area (Å²) in [5, 5.41) is 4.86. The van der Waals surface area contributed by atoms with Crippen molar-refractivity contribution >= 4 is 34.3 Å². The van der Waals surface area contributed by atoms with Crippen molar-refractivity contribution in [3.05, 3.63) is 77.9 Å². The van der Waals surface area contributed by atoms with Crippen LogP contribution in [0, 0.1) is 0 Å². The molecule has 3 aromatic rings. The Balaban J connectivity index is 1.42. The van der Waals surface area contributed by atoms with Crippen LogP contribution in [-0.2, 0) is 21.5 Å². The zero-order valence-electron chi connectivity index (χ0n) is 18.2. The Morgan fingerprint density at radius 1 is 1.03 bits per heavy atom. The maximum Gasteiger partial charge on any atom is 0.325 e. The Hall–Kier alpha value is -3.67. The number of nitrogens with zero attached hydrogens (tertiary/aromatic N) is 2. The molecule has 4 amide bonds. The minimum atomic E-state index is -1.22. The van der Waals surface area contributed by atoms with Crippen LogP contribution in [0.5, 0.6) is 0 Å². The number of para-hydroxylation sites is 1. The summed E-state index contributed by atoms with van der Waals surface area (Å²) < 4.78 is 0. The molecule has 2 aliphatic rings. The number of amides is 4. The Labute approximate surface area is 186 Å². The van der Waals surface area contributed by atoms with Crippen molar-refractivity contribution in [2.24, 2.45) is 0 Å². The lowest BCUT2D eigenvalue weighted by Crippen LogP contribution is -2.49. The van der Waals surface area contributed by atoms with Gasteiger partial charge in [0.1, 0.15) is 12.1 Å². The van der Waals surface area contributed by atoms with E-state index in [1.807, 2.05) is 73.7 Å². The highest BCUT2D eigenvalue weighted by atomic mass is 16.2. The molecule has 2 aliphatic heterocycles. The van der Waals surface area contributed by atoms with Gasteiger partial charge in [-0.2, -0.15) is 0 Å². The molecule has 162 valence electrons. The summed E-state index contributed by atoms with van der Waals surface area (Å²) >= 11 is 0. The van der Waals surface area contributed by atoms with Gasteiger partial charge in [0.15, 0.2) is 0 Å². The molecule has 1 N–H and O–H groups in total. The average molecular weight is 428 g/mol. The number of nitrogens with one attached hydrogen (secondary N) is 1. The number of hydrogen-bond acceptors (Lipinski definition) is 3. The fourth-order valence-corrected chi connectivity index (χ4v) is 4.82. The molecule has 2 atom stereocenters. The third-order valence-electron chi connectivity index (χ3n) is 6.69. The molecule has 2 heterocycles. The summed E-state index contributed by atoms with van der Waals surface area (Å²) in [4.78, 5) is 42.3. The SMILES string of the molecule is CC1CCc2ccccc2N1C(=O)CN1C(=O)NC(C)(c2ccc3ccccc3c2)C1=O. The number of imide groups is 1. The van der Waals surface area contributed by atoms with Crippen LogP contribution >= 0.6 is 0 Å². The average Bonchev–Trinajstić information content (AvgIpc) is 3.02. The van der Waals surface area contributed by atoms with Crippen LogP contribution < -0.4 is 10.2 Å². The van der Waals surface area contributed by atoms with E-state index in [9.17, 15) is 14.4 Å². The first kappa shape index (κ1) is 20.2. The number of anilines is 1. The Kier molecular flexibility index (Phi) is 4.73. The maximum atomic E-state index is 13.4. The van der Waals surface area contributed by atoms with Crippen molar-refractivity contribution in [2.75, 3.05) is 11.4 Å². The lowest BCUT2D eigenvalue weighted by molar-refractivity contribution is -0.134. The van der Waals surface area contributed by atoms with E-state index in [1.54, 1.807) is 11.8 Å². The monoisotopic (exact) mass is 427 g/mol. The molecule has 1 saturated heterocycles. The lowest BCUT2D eigenvalue weighted by atomic mass is 9.90. The summed E-state index contributed by atoms with van der Waals surface area (Å²) in [7, 11) is 0. The maximum absolute atomic E-state index is 13.4. The standard InChI is InChI=1S/C26H25N3O3/c1-17-11-12-19-8-5-6-10-22(19)29(17)23(30)16-28-24(31)26(2,27-25(28)32)21-14-13-18-7-3-4-9-20(18)15-21/h3-10,13-15,17H,11-12,16H2,1-2H3,(H,27,32). The van der Waals surface area contributed by atoms with Crippen LogP contribution in [0.15, 0.2) is 66.7 Å². The zero-order valence-corrected chi connectivity index (χ0v) is 18.2. The van der Waals surface area contributed by atoms with Crippen LogP contribution in [0.3, 0.4) is 0 Å². The van der Waals surface area contributed by atoms with Crippen LogP contribution in [-0.4, -0.2) is 35.3 Å². The van der Waals surface area contributed by atoms with Crippen LogP contribution in [0.1, 0.15) is 31.4 Å². The second kappa shape index (κ2) is 7.48. The molecule has 0 aromatic heterocycles. The number of hydrogen-bond donors (Lipinski definition) is 1. The third-order valence-corrected chi connectivity index (χ3v) is 6.69. The Morgan fingerprint density at radius 2 is 1.75 bits per heavy atom. The quantitative estimate of drug-likeness (QED) is 0.643. The number of urea groups is 1. The molecule has 1 fully saturated rings. The first-order valence-electron chi connectivity index (χ1n) is 10.9. The number of rotatable bonds is 3. The van der Waals surface area contributed by atoms with Gasteiger partial charge in [0.25, 0.3) is 5.91 Å². The Morgan fingerprint density at radius 3 is 2.56 bits per heavy atom. The molecule has 0 bridgehead atoms. The van der Waals surface area contributed by atoms with E-state index in [2.05, 4.69) is 5.32 Å². The van der Waals surface area contributed by atoms with E-state index in [1.165, 1.54) is 0 Å². The van der Waals surface area contributed by atoms with E-state index >= 15 is 0 Å². The number of aryl methyl sites for hydroxylation is 1. The van der Waals surface area contributed by atoms with Gasteiger partial charge in [-0.3, -0.25) is 14.5 Å². The van der Waals surface area contributed by atoms with Gasteiger partial charge in [-0.05, 0) is 60.7 Å². The molecule has 0 saturated carbocycles. The second-order valence-corrected chi connectivity index (χ2v) is 8.79. The summed E-state index contributed by atoms with van der Waals surface area (Å²) in [5.74, 6) is -0.667. The highest BCUT2D eigenvalue weighted by Crippen LogP contribution is 2.33. The van der Waals surface area contributed by atoms with Crippen molar-refractivity contribution in [3.8, 4) is 0 Å². The van der Waals surface area contributed by atoms with Crippen LogP contribution in [0.2, 0.25) is 0 Å². The smallest absolute Gasteiger partial charge is 0.319 e. The third kappa shape index (κ3) is 3.14. The van der Waals surface area contributed by atoms with E-state index < -0.39 is 17.5 Å². The van der Waals surface area contributed by atoms with E-state index in [0.29, 0.717) is 5.56 Å². The fraction of sp³-hybridized carbons (Fsp3) is 0.269. The highest BCUT2D eigenvalue weighted by Gasteiger charge is 2.50. The van der Waals surface area contributed by atoms with E-state index in [-0.39, 0.29) is 18.5 Å². The van der Waals surface area contributed by atoms with E-state index in [4.69, 9.17) is 0 Å². The predicted molar refractivity (Wildman–Crippen MR) is 123 cm³/mol. The summed E-state index contributed by atoms with van der Waals surface area (Å²) in [5.41, 5.74) is 1.45. The largest absolute Gasteiger partial charge is 0.325 e. The van der Waals surface area contributed by atoms with E-state index in [0.717, 1.165) is 39.8 Å². The van der Waals surface area contributed by atoms with Gasteiger partial charge in [0, 0.05) is 11.7 Å². The minimum absolute atomic E-state index is 0.00466. The van der Waals surface area contributed by atoms with Crippen LogP contribution in [0.25, 0.3) is 10.8 Å². The summed E-state index contributed by atoms with van der Waals surface area (Å²) in [6, 6.07) is 20.9. The first-order valence-corrected chi connectivity index (χ1v) is 10.9. The van der Waals surface area contributed by atoms with Crippen LogP contribution in [0.4, 0.5) is 10.5 Å². The second-order valence-electron chi connectivity index (χ2n) is 8.79. The van der Waals surface area contributed by atoms with Crippen molar-refractivity contribution in [1.29, 1.82) is 0 Å². The summed E-state index contributed by atoms with van der Waals surface area (Å²) in [6.45, 7) is 3.41. The molecule has 6 nitrogen and oxygen atoms in total. The predicted octanol–water partition coefficient (Wildman–Crippen LogP) is 3.97. The topological polar surface area (TPSA) is 69.7 Å². The molecule has 0 aliphatic carbocycles. The van der Waals surface area contributed by atoms with Gasteiger partial charge < -0.3 is 10.2 Å². The number of carbonyl (C=O) groups excluding carboxylic acids is 3. The number of fused-ring (bicyclic) bond motifs is 2. The van der Waals surface area contributed by atoms with Crippen molar-refractivity contribution in [2.45, 2.75) is 38.3 Å². The summed E-state index contributed by atoms with van der Waals surface area (Å²) in [6.07, 6.45) is 1.75. The lowest BCUT2D eigenvalue weighted by Gasteiger charge is -2.36. The van der Waals surface area contributed by atoms with Gasteiger partial charge in [-0.1, -0.05) is 54.6 Å². The molecule has 0 radical (unpaired) electrons. The number of carbonyl (C=O) groups is 3. The molecule has 32 heavy (non-hydrogen) atoms. The minimum Gasteiger partial charge on any atom is -0.319 e. The normalized spacial score (nSPS) is 22.8. The van der Waals surface area contributed by atoms with Gasteiger partial charge in [-0.25, -0.2) is 4.79 Å². The molecule has 2 unspecified atom stereocenters. The fourth-order valence-electron chi connectivity index (χ4n) is 4.82. The molecule has 0 spiro atoms.